The molecule has 1 aromatic rings. The van der Waals surface area contributed by atoms with Crippen LogP contribution in [0.25, 0.3) is 0 Å². The summed E-state index contributed by atoms with van der Waals surface area (Å²) >= 11 is 5.97. The van der Waals surface area contributed by atoms with Gasteiger partial charge in [-0.1, -0.05) is 24.2 Å². The Morgan fingerprint density at radius 2 is 2.26 bits per heavy atom. The van der Waals surface area contributed by atoms with Gasteiger partial charge in [-0.2, -0.15) is 0 Å². The fraction of sp³-hybridized carbons (Fsp3) is 0.412. The molecule has 1 atom stereocenters. The van der Waals surface area contributed by atoms with Crippen LogP contribution >= 0.6 is 11.6 Å². The Hall–Kier alpha value is -1.88. The van der Waals surface area contributed by atoms with Crippen LogP contribution in [0, 0.1) is 5.82 Å². The van der Waals surface area contributed by atoms with Gasteiger partial charge in [0.15, 0.2) is 0 Å². The number of rotatable bonds is 5. The molecule has 23 heavy (non-hydrogen) atoms. The van der Waals surface area contributed by atoms with Crippen LogP contribution in [-0.4, -0.2) is 35.3 Å². The summed E-state index contributed by atoms with van der Waals surface area (Å²) in [7, 11) is 0. The van der Waals surface area contributed by atoms with Crippen molar-refractivity contribution in [2.24, 2.45) is 0 Å². The van der Waals surface area contributed by atoms with Gasteiger partial charge in [-0.05, 0) is 44.4 Å². The minimum Gasteiger partial charge on any atom is -0.354 e. The summed E-state index contributed by atoms with van der Waals surface area (Å²) in [5.74, 6) is -0.878. The van der Waals surface area contributed by atoms with Gasteiger partial charge in [0.25, 0.3) is 0 Å². The average Bonchev–Trinajstić information content (AvgIpc) is 2.92. The standard InChI is InChI=1S/C17H20ClFN2O2/c1-3-15(22)21-11-5-9-17(21,2)16(23)20-10-8-12-13(18)6-4-7-14(12)19/h3-4,6-7H,1,5,8-11H2,2H3,(H,20,23)/t17-/m1/s1. The molecule has 0 aromatic heterocycles. The first-order valence-corrected chi connectivity index (χ1v) is 7.93. The summed E-state index contributed by atoms with van der Waals surface area (Å²) in [5.41, 5.74) is -0.505. The smallest absolute Gasteiger partial charge is 0.246 e. The third-order valence-corrected chi connectivity index (χ3v) is 4.65. The quantitative estimate of drug-likeness (QED) is 0.839. The van der Waals surface area contributed by atoms with E-state index in [2.05, 4.69) is 11.9 Å². The van der Waals surface area contributed by atoms with Crippen molar-refractivity contribution < 1.29 is 14.0 Å². The van der Waals surface area contributed by atoms with Gasteiger partial charge in [-0.15, -0.1) is 0 Å². The van der Waals surface area contributed by atoms with Crippen molar-refractivity contribution in [3.8, 4) is 0 Å². The lowest BCUT2D eigenvalue weighted by atomic mass is 9.97. The molecule has 2 amide bonds. The van der Waals surface area contributed by atoms with Crippen LogP contribution < -0.4 is 5.32 Å². The molecule has 0 radical (unpaired) electrons. The number of nitrogens with zero attached hydrogens (tertiary/aromatic N) is 1. The summed E-state index contributed by atoms with van der Waals surface area (Å²) < 4.78 is 13.7. The van der Waals surface area contributed by atoms with E-state index in [1.54, 1.807) is 13.0 Å². The molecule has 1 aromatic carbocycles. The fourth-order valence-electron chi connectivity index (χ4n) is 2.93. The van der Waals surface area contributed by atoms with E-state index in [-0.39, 0.29) is 24.2 Å². The number of carbonyl (C=O) groups is 2. The Balaban J connectivity index is 1.99. The van der Waals surface area contributed by atoms with Crippen LogP contribution in [0.5, 0.6) is 0 Å². The van der Waals surface area contributed by atoms with Crippen LogP contribution in [0.4, 0.5) is 4.39 Å². The van der Waals surface area contributed by atoms with Gasteiger partial charge < -0.3 is 10.2 Å². The minimum atomic E-state index is -0.885. The molecule has 0 unspecified atom stereocenters. The molecule has 0 bridgehead atoms. The molecule has 1 N–H and O–H groups in total. The Morgan fingerprint density at radius 1 is 1.52 bits per heavy atom. The zero-order valence-electron chi connectivity index (χ0n) is 13.1. The normalized spacial score (nSPS) is 20.4. The first kappa shape index (κ1) is 17.5. The second-order valence-corrected chi connectivity index (χ2v) is 6.18. The maximum Gasteiger partial charge on any atom is 0.246 e. The molecule has 0 spiro atoms. The van der Waals surface area contributed by atoms with E-state index < -0.39 is 5.54 Å². The van der Waals surface area contributed by atoms with Crippen molar-refractivity contribution in [1.82, 2.24) is 10.2 Å². The maximum atomic E-state index is 13.7. The lowest BCUT2D eigenvalue weighted by Crippen LogP contribution is -2.55. The SMILES string of the molecule is C=CC(=O)N1CCC[C@]1(C)C(=O)NCCc1c(F)cccc1Cl. The van der Waals surface area contributed by atoms with E-state index >= 15 is 0 Å². The van der Waals surface area contributed by atoms with Gasteiger partial charge in [0.1, 0.15) is 11.4 Å². The molecule has 1 heterocycles. The van der Waals surface area contributed by atoms with Crippen LogP contribution in [0.2, 0.25) is 5.02 Å². The molecule has 1 aliphatic heterocycles. The first-order valence-electron chi connectivity index (χ1n) is 7.55. The number of amides is 2. The molecule has 0 saturated carbocycles. The number of hydrogen-bond acceptors (Lipinski definition) is 2. The van der Waals surface area contributed by atoms with Crippen LogP contribution in [0.3, 0.4) is 0 Å². The molecule has 2 rings (SSSR count). The molecule has 124 valence electrons. The molecule has 1 saturated heterocycles. The number of halogens is 2. The van der Waals surface area contributed by atoms with E-state index in [9.17, 15) is 14.0 Å². The van der Waals surface area contributed by atoms with Crippen LogP contribution in [0.1, 0.15) is 25.3 Å². The zero-order chi connectivity index (χ0) is 17.0. The van der Waals surface area contributed by atoms with Crippen LogP contribution in [0.15, 0.2) is 30.9 Å². The van der Waals surface area contributed by atoms with Gasteiger partial charge in [-0.25, -0.2) is 4.39 Å². The summed E-state index contributed by atoms with van der Waals surface area (Å²) in [6.07, 6.45) is 2.88. The van der Waals surface area contributed by atoms with Crippen molar-refractivity contribution >= 4 is 23.4 Å². The van der Waals surface area contributed by atoms with Gasteiger partial charge >= 0.3 is 0 Å². The average molecular weight is 339 g/mol. The third-order valence-electron chi connectivity index (χ3n) is 4.29. The highest BCUT2D eigenvalue weighted by molar-refractivity contribution is 6.31. The number of carbonyl (C=O) groups excluding carboxylic acids is 2. The lowest BCUT2D eigenvalue weighted by Gasteiger charge is -2.33. The fourth-order valence-corrected chi connectivity index (χ4v) is 3.18. The highest BCUT2D eigenvalue weighted by Gasteiger charge is 2.44. The van der Waals surface area contributed by atoms with E-state index in [0.29, 0.717) is 30.0 Å². The van der Waals surface area contributed by atoms with E-state index in [0.717, 1.165) is 6.42 Å². The predicted molar refractivity (Wildman–Crippen MR) is 87.7 cm³/mol. The van der Waals surface area contributed by atoms with Crippen molar-refractivity contribution in [2.75, 3.05) is 13.1 Å². The number of benzene rings is 1. The van der Waals surface area contributed by atoms with Gasteiger partial charge in [0.2, 0.25) is 11.8 Å². The van der Waals surface area contributed by atoms with E-state index in [1.807, 2.05) is 0 Å². The van der Waals surface area contributed by atoms with Gasteiger partial charge in [0.05, 0.1) is 0 Å². The van der Waals surface area contributed by atoms with Crippen molar-refractivity contribution in [3.05, 3.63) is 47.3 Å². The zero-order valence-corrected chi connectivity index (χ0v) is 13.8. The van der Waals surface area contributed by atoms with Gasteiger partial charge in [-0.3, -0.25) is 9.59 Å². The summed E-state index contributed by atoms with van der Waals surface area (Å²) in [4.78, 5) is 25.9. The van der Waals surface area contributed by atoms with Gasteiger partial charge in [0, 0.05) is 23.7 Å². The molecule has 1 aliphatic rings. The molecular formula is C17H20ClFN2O2. The number of likely N-dealkylation sites (tertiary alicyclic amines) is 1. The minimum absolute atomic E-state index is 0.238. The monoisotopic (exact) mass is 338 g/mol. The second-order valence-electron chi connectivity index (χ2n) is 5.78. The summed E-state index contributed by atoms with van der Waals surface area (Å²) in [6.45, 7) is 6.01. The summed E-state index contributed by atoms with van der Waals surface area (Å²) in [5, 5.41) is 3.13. The number of nitrogens with one attached hydrogen (secondary N) is 1. The van der Waals surface area contributed by atoms with Crippen molar-refractivity contribution in [2.45, 2.75) is 31.7 Å². The second kappa shape index (κ2) is 7.13. The van der Waals surface area contributed by atoms with Crippen LogP contribution in [-0.2, 0) is 16.0 Å². The predicted octanol–water partition coefficient (Wildman–Crippen LogP) is 2.70. The molecule has 0 aliphatic carbocycles. The highest BCUT2D eigenvalue weighted by atomic mass is 35.5. The first-order chi connectivity index (χ1) is 10.9. The molecule has 4 nitrogen and oxygen atoms in total. The van der Waals surface area contributed by atoms with E-state index in [1.165, 1.54) is 23.1 Å². The van der Waals surface area contributed by atoms with Crippen molar-refractivity contribution in [1.29, 1.82) is 0 Å². The topological polar surface area (TPSA) is 49.4 Å². The molecule has 1 fully saturated rings. The maximum absolute atomic E-state index is 13.7. The largest absolute Gasteiger partial charge is 0.354 e. The Labute approximate surface area is 140 Å². The summed E-state index contributed by atoms with van der Waals surface area (Å²) in [6, 6.07) is 4.49. The molecular weight excluding hydrogens is 319 g/mol. The van der Waals surface area contributed by atoms with Crippen molar-refractivity contribution in [3.63, 3.8) is 0 Å². The highest BCUT2D eigenvalue weighted by Crippen LogP contribution is 2.29. The Morgan fingerprint density at radius 3 is 2.91 bits per heavy atom. The third kappa shape index (κ3) is 3.55. The molecule has 6 heteroatoms. The Bertz CT molecular complexity index is 615. The lowest BCUT2D eigenvalue weighted by molar-refractivity contribution is -0.140. The Kier molecular flexibility index (Phi) is 5.42. The van der Waals surface area contributed by atoms with E-state index in [4.69, 9.17) is 11.6 Å². The number of hydrogen-bond donors (Lipinski definition) is 1.